The smallest absolute Gasteiger partial charge is 0.218 e. The summed E-state index contributed by atoms with van der Waals surface area (Å²) in [6.07, 6.45) is 0.408. The van der Waals surface area contributed by atoms with Crippen molar-refractivity contribution in [1.29, 1.82) is 0 Å². The van der Waals surface area contributed by atoms with Crippen molar-refractivity contribution in [1.82, 2.24) is 5.32 Å². The van der Waals surface area contributed by atoms with Gasteiger partial charge >= 0.3 is 0 Å². The van der Waals surface area contributed by atoms with E-state index in [0.717, 1.165) is 6.54 Å². The van der Waals surface area contributed by atoms with Gasteiger partial charge in [0.25, 0.3) is 0 Å². The minimum absolute atomic E-state index is 0.256. The summed E-state index contributed by atoms with van der Waals surface area (Å²) >= 11 is 1.70. The molecule has 0 aliphatic carbocycles. The van der Waals surface area contributed by atoms with Gasteiger partial charge in [-0.2, -0.15) is 0 Å². The standard InChI is InChI=1S/C8H12N2OS/c9-8(11)3-4-10-6-7-2-1-5-12-7/h1-2,5,10H,3-4,6H2,(H2,9,11). The monoisotopic (exact) mass is 184 g/mol. The summed E-state index contributed by atoms with van der Waals surface area (Å²) in [5.41, 5.74) is 4.98. The van der Waals surface area contributed by atoms with Crippen LogP contribution in [0.5, 0.6) is 0 Å². The second-order valence-corrected chi connectivity index (χ2v) is 3.50. The number of amides is 1. The van der Waals surface area contributed by atoms with Crippen molar-refractivity contribution in [3.05, 3.63) is 22.4 Å². The lowest BCUT2D eigenvalue weighted by Gasteiger charge is -1.99. The van der Waals surface area contributed by atoms with E-state index >= 15 is 0 Å². The fourth-order valence-electron chi connectivity index (χ4n) is 0.836. The largest absolute Gasteiger partial charge is 0.370 e. The Labute approximate surface area is 75.6 Å². The first kappa shape index (κ1) is 9.22. The molecule has 0 aromatic carbocycles. The molecule has 1 aromatic heterocycles. The first-order chi connectivity index (χ1) is 5.79. The van der Waals surface area contributed by atoms with Crippen LogP contribution in [-0.2, 0) is 11.3 Å². The van der Waals surface area contributed by atoms with Crippen LogP contribution in [0.3, 0.4) is 0 Å². The molecule has 1 heterocycles. The van der Waals surface area contributed by atoms with E-state index in [2.05, 4.69) is 11.4 Å². The van der Waals surface area contributed by atoms with Gasteiger partial charge in [0, 0.05) is 24.4 Å². The molecule has 0 aliphatic heterocycles. The van der Waals surface area contributed by atoms with Gasteiger partial charge in [-0.05, 0) is 11.4 Å². The molecule has 4 heteroatoms. The van der Waals surface area contributed by atoms with Gasteiger partial charge in [-0.3, -0.25) is 4.79 Å². The lowest BCUT2D eigenvalue weighted by molar-refractivity contribution is -0.117. The van der Waals surface area contributed by atoms with Gasteiger partial charge in [0.15, 0.2) is 0 Å². The molecule has 0 saturated heterocycles. The van der Waals surface area contributed by atoms with Crippen molar-refractivity contribution >= 4 is 17.2 Å². The molecule has 0 bridgehead atoms. The summed E-state index contributed by atoms with van der Waals surface area (Å²) < 4.78 is 0. The quantitative estimate of drug-likeness (QED) is 0.662. The van der Waals surface area contributed by atoms with Crippen LogP contribution in [0.2, 0.25) is 0 Å². The van der Waals surface area contributed by atoms with Crippen LogP contribution < -0.4 is 11.1 Å². The zero-order chi connectivity index (χ0) is 8.81. The van der Waals surface area contributed by atoms with Crippen LogP contribution in [0.25, 0.3) is 0 Å². The molecular formula is C8H12N2OS. The molecule has 3 nitrogen and oxygen atoms in total. The molecule has 0 spiro atoms. The molecule has 66 valence electrons. The van der Waals surface area contributed by atoms with Crippen molar-refractivity contribution in [3.8, 4) is 0 Å². The number of nitrogens with one attached hydrogen (secondary N) is 1. The number of carbonyl (C=O) groups excluding carboxylic acids is 1. The molecule has 0 aliphatic rings. The molecule has 0 radical (unpaired) electrons. The molecule has 0 fully saturated rings. The summed E-state index contributed by atoms with van der Waals surface area (Å²) in [6, 6.07) is 4.07. The molecule has 12 heavy (non-hydrogen) atoms. The normalized spacial score (nSPS) is 10.0. The Bertz CT molecular complexity index is 233. The van der Waals surface area contributed by atoms with Crippen molar-refractivity contribution < 1.29 is 4.79 Å². The number of nitrogens with two attached hydrogens (primary N) is 1. The minimum Gasteiger partial charge on any atom is -0.370 e. The van der Waals surface area contributed by atoms with E-state index in [1.807, 2.05) is 11.4 Å². The third-order valence-electron chi connectivity index (χ3n) is 1.43. The predicted octanol–water partition coefficient (Wildman–Crippen LogP) is 0.713. The highest BCUT2D eigenvalue weighted by molar-refractivity contribution is 7.09. The van der Waals surface area contributed by atoms with Gasteiger partial charge in [0.2, 0.25) is 5.91 Å². The Morgan fingerprint density at radius 2 is 2.50 bits per heavy atom. The van der Waals surface area contributed by atoms with Crippen LogP contribution in [0.1, 0.15) is 11.3 Å². The summed E-state index contributed by atoms with van der Waals surface area (Å²) in [5, 5.41) is 5.16. The zero-order valence-electron chi connectivity index (χ0n) is 6.75. The second-order valence-electron chi connectivity index (χ2n) is 2.47. The van der Waals surface area contributed by atoms with Gasteiger partial charge in [0.05, 0.1) is 0 Å². The number of carbonyl (C=O) groups is 1. The number of rotatable bonds is 5. The van der Waals surface area contributed by atoms with E-state index < -0.39 is 0 Å². The van der Waals surface area contributed by atoms with Crippen LogP contribution in [0.15, 0.2) is 17.5 Å². The second kappa shape index (κ2) is 4.90. The summed E-state index contributed by atoms with van der Waals surface area (Å²) in [6.45, 7) is 1.48. The number of primary amides is 1. The summed E-state index contributed by atoms with van der Waals surface area (Å²) in [4.78, 5) is 11.6. The first-order valence-electron chi connectivity index (χ1n) is 3.80. The Morgan fingerprint density at radius 3 is 3.08 bits per heavy atom. The lowest BCUT2D eigenvalue weighted by atomic mass is 10.4. The summed E-state index contributed by atoms with van der Waals surface area (Å²) in [5.74, 6) is -0.256. The average molecular weight is 184 g/mol. The fourth-order valence-corrected chi connectivity index (χ4v) is 1.51. The highest BCUT2D eigenvalue weighted by Gasteiger charge is 1.94. The third-order valence-corrected chi connectivity index (χ3v) is 2.30. The van der Waals surface area contributed by atoms with E-state index in [9.17, 15) is 4.79 Å². The van der Waals surface area contributed by atoms with Gasteiger partial charge in [-0.25, -0.2) is 0 Å². The van der Waals surface area contributed by atoms with Crippen molar-refractivity contribution in [2.24, 2.45) is 5.73 Å². The Balaban J connectivity index is 2.07. The van der Waals surface area contributed by atoms with Gasteiger partial charge in [0.1, 0.15) is 0 Å². The molecule has 3 N–H and O–H groups in total. The molecule has 0 saturated carbocycles. The first-order valence-corrected chi connectivity index (χ1v) is 4.68. The summed E-state index contributed by atoms with van der Waals surface area (Å²) in [7, 11) is 0. The van der Waals surface area contributed by atoms with Gasteiger partial charge in [-0.1, -0.05) is 6.07 Å². The van der Waals surface area contributed by atoms with Crippen LogP contribution in [0.4, 0.5) is 0 Å². The molecule has 1 amide bonds. The van der Waals surface area contributed by atoms with E-state index in [0.29, 0.717) is 13.0 Å². The minimum atomic E-state index is -0.256. The van der Waals surface area contributed by atoms with Gasteiger partial charge in [-0.15, -0.1) is 11.3 Å². The van der Waals surface area contributed by atoms with E-state index in [1.54, 1.807) is 11.3 Å². The third kappa shape index (κ3) is 3.50. The lowest BCUT2D eigenvalue weighted by Crippen LogP contribution is -2.21. The predicted molar refractivity (Wildman–Crippen MR) is 49.8 cm³/mol. The van der Waals surface area contributed by atoms with E-state index in [1.165, 1.54) is 4.88 Å². The molecular weight excluding hydrogens is 172 g/mol. The SMILES string of the molecule is NC(=O)CCNCc1cccs1. The number of thiophene rings is 1. The molecule has 0 atom stereocenters. The molecule has 0 unspecified atom stereocenters. The maximum atomic E-state index is 10.3. The average Bonchev–Trinajstić information content (AvgIpc) is 2.49. The van der Waals surface area contributed by atoms with Crippen LogP contribution >= 0.6 is 11.3 Å². The highest BCUT2D eigenvalue weighted by Crippen LogP contribution is 2.06. The van der Waals surface area contributed by atoms with Crippen LogP contribution in [-0.4, -0.2) is 12.5 Å². The topological polar surface area (TPSA) is 55.1 Å². The van der Waals surface area contributed by atoms with Crippen molar-refractivity contribution in [2.45, 2.75) is 13.0 Å². The van der Waals surface area contributed by atoms with Crippen molar-refractivity contribution in [2.75, 3.05) is 6.54 Å². The Hall–Kier alpha value is -0.870. The van der Waals surface area contributed by atoms with Gasteiger partial charge < -0.3 is 11.1 Å². The van der Waals surface area contributed by atoms with E-state index in [-0.39, 0.29) is 5.91 Å². The Kier molecular flexibility index (Phi) is 3.76. The molecule has 1 aromatic rings. The maximum Gasteiger partial charge on any atom is 0.218 e. The highest BCUT2D eigenvalue weighted by atomic mass is 32.1. The fraction of sp³-hybridized carbons (Fsp3) is 0.375. The number of hydrogen-bond donors (Lipinski definition) is 2. The van der Waals surface area contributed by atoms with Crippen LogP contribution in [0, 0.1) is 0 Å². The van der Waals surface area contributed by atoms with E-state index in [4.69, 9.17) is 5.73 Å². The zero-order valence-corrected chi connectivity index (χ0v) is 7.56. The maximum absolute atomic E-state index is 10.3. The molecule has 1 rings (SSSR count). The van der Waals surface area contributed by atoms with Crippen molar-refractivity contribution in [3.63, 3.8) is 0 Å². The number of hydrogen-bond acceptors (Lipinski definition) is 3. The Morgan fingerprint density at radius 1 is 1.67 bits per heavy atom.